The Morgan fingerprint density at radius 1 is 0.806 bits per heavy atom. The van der Waals surface area contributed by atoms with Gasteiger partial charge in [-0.3, -0.25) is 0 Å². The fourth-order valence-electron chi connectivity index (χ4n) is 3.66. The molecule has 5 heteroatoms. The highest BCUT2D eigenvalue weighted by atomic mass is 32.2. The topological polar surface area (TPSA) is 49.4 Å². The van der Waals surface area contributed by atoms with Gasteiger partial charge in [-0.05, 0) is 48.2 Å². The summed E-state index contributed by atoms with van der Waals surface area (Å²) in [6, 6.07) is 27.0. The van der Waals surface area contributed by atoms with Crippen molar-refractivity contribution in [1.29, 1.82) is 0 Å². The first-order chi connectivity index (χ1) is 15.0. The molecule has 1 unspecified atom stereocenters. The first-order valence-electron chi connectivity index (χ1n) is 11.0. The van der Waals surface area contributed by atoms with Gasteiger partial charge in [0, 0.05) is 19.1 Å². The Morgan fingerprint density at radius 3 is 1.90 bits per heavy atom. The summed E-state index contributed by atoms with van der Waals surface area (Å²) in [7, 11) is -3.68. The molecule has 0 aromatic heterocycles. The lowest BCUT2D eigenvalue weighted by molar-refractivity contribution is 0.401. The SMILES string of the molecule is CCCNC(CC)c1cccc(S(=O)(=O)N(Cc2ccccc2)Cc2ccccc2)c1. The predicted molar refractivity (Wildman–Crippen MR) is 127 cm³/mol. The number of benzene rings is 3. The van der Waals surface area contributed by atoms with Gasteiger partial charge >= 0.3 is 0 Å². The van der Waals surface area contributed by atoms with Crippen molar-refractivity contribution in [2.75, 3.05) is 6.54 Å². The maximum atomic E-state index is 13.7. The van der Waals surface area contributed by atoms with Crippen molar-refractivity contribution in [3.05, 3.63) is 102 Å². The normalized spacial score (nSPS) is 12.7. The number of hydrogen-bond acceptors (Lipinski definition) is 3. The molecule has 0 aliphatic heterocycles. The van der Waals surface area contributed by atoms with Crippen LogP contribution < -0.4 is 5.32 Å². The quantitative estimate of drug-likeness (QED) is 0.430. The highest BCUT2D eigenvalue weighted by Crippen LogP contribution is 2.25. The van der Waals surface area contributed by atoms with E-state index in [2.05, 4.69) is 19.2 Å². The first-order valence-corrected chi connectivity index (χ1v) is 12.4. The van der Waals surface area contributed by atoms with Crippen molar-refractivity contribution in [2.24, 2.45) is 0 Å². The van der Waals surface area contributed by atoms with E-state index in [1.165, 1.54) is 0 Å². The third-order valence-electron chi connectivity index (χ3n) is 5.35. The standard InChI is InChI=1S/C26H32N2O2S/c1-3-18-27-26(4-2)24-16-11-17-25(19-24)31(29,30)28(20-22-12-7-5-8-13-22)21-23-14-9-6-10-15-23/h5-17,19,26-27H,3-4,18,20-21H2,1-2H3. The zero-order chi connectivity index (χ0) is 22.1. The molecule has 3 aromatic carbocycles. The molecule has 0 amide bonds. The van der Waals surface area contributed by atoms with Crippen molar-refractivity contribution in [3.63, 3.8) is 0 Å². The summed E-state index contributed by atoms with van der Waals surface area (Å²) in [4.78, 5) is 0.341. The van der Waals surface area contributed by atoms with E-state index in [4.69, 9.17) is 0 Å². The minimum absolute atomic E-state index is 0.145. The van der Waals surface area contributed by atoms with Crippen molar-refractivity contribution >= 4 is 10.0 Å². The van der Waals surface area contributed by atoms with Gasteiger partial charge in [-0.25, -0.2) is 8.42 Å². The van der Waals surface area contributed by atoms with Crippen molar-refractivity contribution in [3.8, 4) is 0 Å². The molecular formula is C26H32N2O2S. The third kappa shape index (κ3) is 6.26. The molecule has 3 aromatic rings. The molecule has 0 heterocycles. The fourth-order valence-corrected chi connectivity index (χ4v) is 5.13. The maximum absolute atomic E-state index is 13.7. The average Bonchev–Trinajstić information content (AvgIpc) is 2.81. The molecule has 1 N–H and O–H groups in total. The molecule has 0 radical (unpaired) electrons. The van der Waals surface area contributed by atoms with Crippen molar-refractivity contribution in [1.82, 2.24) is 9.62 Å². The van der Waals surface area contributed by atoms with E-state index in [1.807, 2.05) is 78.9 Å². The van der Waals surface area contributed by atoms with Crippen LogP contribution >= 0.6 is 0 Å². The smallest absolute Gasteiger partial charge is 0.243 e. The molecule has 0 aliphatic carbocycles. The number of hydrogen-bond donors (Lipinski definition) is 1. The zero-order valence-corrected chi connectivity index (χ0v) is 19.2. The molecule has 0 spiro atoms. The van der Waals surface area contributed by atoms with Crippen LogP contribution in [-0.4, -0.2) is 19.3 Å². The Kier molecular flexibility index (Phi) is 8.41. The van der Waals surface area contributed by atoms with Gasteiger partial charge in [0.2, 0.25) is 10.0 Å². The second kappa shape index (κ2) is 11.2. The molecule has 164 valence electrons. The van der Waals surface area contributed by atoms with Gasteiger partial charge in [0.1, 0.15) is 0 Å². The van der Waals surface area contributed by atoms with Gasteiger partial charge in [0.05, 0.1) is 4.90 Å². The maximum Gasteiger partial charge on any atom is 0.243 e. The van der Waals surface area contributed by atoms with E-state index in [9.17, 15) is 8.42 Å². The zero-order valence-electron chi connectivity index (χ0n) is 18.4. The summed E-state index contributed by atoms with van der Waals surface area (Å²) in [6.07, 6.45) is 1.94. The summed E-state index contributed by atoms with van der Waals surface area (Å²) in [5.41, 5.74) is 2.94. The van der Waals surface area contributed by atoms with Crippen LogP contribution in [0.5, 0.6) is 0 Å². The van der Waals surface area contributed by atoms with Crippen LogP contribution in [0.25, 0.3) is 0 Å². The number of sulfonamides is 1. The van der Waals surface area contributed by atoms with E-state index in [1.54, 1.807) is 10.4 Å². The Hall–Kier alpha value is -2.47. The highest BCUT2D eigenvalue weighted by Gasteiger charge is 2.26. The highest BCUT2D eigenvalue weighted by molar-refractivity contribution is 7.89. The summed E-state index contributed by atoms with van der Waals surface area (Å²) in [5, 5.41) is 3.51. The van der Waals surface area contributed by atoms with Crippen LogP contribution in [0.1, 0.15) is 49.4 Å². The first kappa shape index (κ1) is 23.2. The lowest BCUT2D eigenvalue weighted by atomic mass is 10.0. The van der Waals surface area contributed by atoms with E-state index in [-0.39, 0.29) is 6.04 Å². The molecule has 1 atom stereocenters. The second-order valence-corrected chi connectivity index (χ2v) is 9.67. The third-order valence-corrected chi connectivity index (χ3v) is 7.14. The van der Waals surface area contributed by atoms with E-state index in [0.29, 0.717) is 18.0 Å². The van der Waals surface area contributed by atoms with Gasteiger partial charge in [-0.15, -0.1) is 0 Å². The van der Waals surface area contributed by atoms with Crippen LogP contribution in [-0.2, 0) is 23.1 Å². The van der Waals surface area contributed by atoms with Crippen molar-refractivity contribution < 1.29 is 8.42 Å². The molecule has 0 fully saturated rings. The Balaban J connectivity index is 1.94. The molecular weight excluding hydrogens is 404 g/mol. The van der Waals surface area contributed by atoms with Gasteiger partial charge < -0.3 is 5.32 Å². The summed E-state index contributed by atoms with van der Waals surface area (Å²) in [6.45, 7) is 5.81. The summed E-state index contributed by atoms with van der Waals surface area (Å²) < 4.78 is 29.0. The van der Waals surface area contributed by atoms with Gasteiger partial charge in [-0.2, -0.15) is 4.31 Å². The van der Waals surface area contributed by atoms with Gasteiger partial charge in [-0.1, -0.05) is 86.6 Å². The molecule has 3 rings (SSSR count). The van der Waals surface area contributed by atoms with E-state index < -0.39 is 10.0 Å². The van der Waals surface area contributed by atoms with Crippen LogP contribution in [0.15, 0.2) is 89.8 Å². The van der Waals surface area contributed by atoms with Gasteiger partial charge in [0.25, 0.3) is 0 Å². The average molecular weight is 437 g/mol. The Bertz CT molecular complexity index is 996. The van der Waals surface area contributed by atoms with E-state index >= 15 is 0 Å². The summed E-state index contributed by atoms with van der Waals surface area (Å²) in [5.74, 6) is 0. The number of nitrogens with zero attached hydrogens (tertiary/aromatic N) is 1. The largest absolute Gasteiger partial charge is 0.310 e. The molecule has 31 heavy (non-hydrogen) atoms. The van der Waals surface area contributed by atoms with Crippen LogP contribution in [0, 0.1) is 0 Å². The van der Waals surface area contributed by atoms with Gasteiger partial charge in [0.15, 0.2) is 0 Å². The van der Waals surface area contributed by atoms with Crippen molar-refractivity contribution in [2.45, 2.75) is 50.7 Å². The minimum atomic E-state index is -3.68. The fraction of sp³-hybridized carbons (Fsp3) is 0.308. The number of nitrogens with one attached hydrogen (secondary N) is 1. The van der Waals surface area contributed by atoms with E-state index in [0.717, 1.165) is 36.1 Å². The summed E-state index contributed by atoms with van der Waals surface area (Å²) >= 11 is 0. The Labute approximate surface area is 187 Å². The lowest BCUT2D eigenvalue weighted by Crippen LogP contribution is -2.30. The molecule has 0 aliphatic rings. The molecule has 4 nitrogen and oxygen atoms in total. The predicted octanol–water partition coefficient (Wildman–Crippen LogP) is 5.53. The number of rotatable bonds is 11. The Morgan fingerprint density at radius 2 is 1.39 bits per heavy atom. The van der Waals surface area contributed by atoms with Crippen LogP contribution in [0.3, 0.4) is 0 Å². The molecule has 0 saturated heterocycles. The monoisotopic (exact) mass is 436 g/mol. The minimum Gasteiger partial charge on any atom is -0.310 e. The van der Waals surface area contributed by atoms with Crippen LogP contribution in [0.4, 0.5) is 0 Å². The molecule has 0 bridgehead atoms. The van der Waals surface area contributed by atoms with Crippen LogP contribution in [0.2, 0.25) is 0 Å². The second-order valence-electron chi connectivity index (χ2n) is 7.73. The molecule has 0 saturated carbocycles. The lowest BCUT2D eigenvalue weighted by Gasteiger charge is -2.24.